The summed E-state index contributed by atoms with van der Waals surface area (Å²) < 4.78 is 30.4. The minimum atomic E-state index is -0.886. The molecule has 0 amide bonds. The highest BCUT2D eigenvalue weighted by Crippen LogP contribution is 2.41. The van der Waals surface area contributed by atoms with Crippen LogP contribution in [0.3, 0.4) is 0 Å². The van der Waals surface area contributed by atoms with Gasteiger partial charge in [0.05, 0.1) is 23.4 Å². The smallest absolute Gasteiger partial charge is 0.129 e. The minimum absolute atomic E-state index is 0.133. The fourth-order valence-electron chi connectivity index (χ4n) is 5.45. The van der Waals surface area contributed by atoms with Crippen LogP contribution in [0, 0.1) is 28.9 Å². The number of halogens is 2. The first-order valence-corrected chi connectivity index (χ1v) is 11.5. The van der Waals surface area contributed by atoms with E-state index in [0.29, 0.717) is 16.7 Å². The third kappa shape index (κ3) is 3.54. The molecule has 168 valence electrons. The summed E-state index contributed by atoms with van der Waals surface area (Å²) >= 11 is 0. The maximum atomic E-state index is 14.5. The van der Waals surface area contributed by atoms with Crippen LogP contribution in [0.15, 0.2) is 36.4 Å². The van der Waals surface area contributed by atoms with Crippen LogP contribution in [-0.4, -0.2) is 39.0 Å². The number of hydrogen-bond acceptors (Lipinski definition) is 4. The molecule has 5 nitrogen and oxygen atoms in total. The summed E-state index contributed by atoms with van der Waals surface area (Å²) in [5.74, 6) is -0.504. The van der Waals surface area contributed by atoms with Crippen molar-refractivity contribution in [2.24, 2.45) is 5.92 Å². The van der Waals surface area contributed by atoms with Crippen molar-refractivity contribution in [1.82, 2.24) is 14.7 Å². The van der Waals surface area contributed by atoms with E-state index in [9.17, 15) is 19.1 Å². The number of aromatic nitrogens is 2. The van der Waals surface area contributed by atoms with Crippen LogP contribution in [0.1, 0.15) is 46.8 Å². The molecule has 7 heteroatoms. The van der Waals surface area contributed by atoms with E-state index < -0.39 is 23.8 Å². The Hall–Kier alpha value is -3.08. The molecular formula is C26H24F2N4O. The predicted octanol–water partition coefficient (Wildman–Crippen LogP) is 3.97. The maximum absolute atomic E-state index is 14.5. The SMILES string of the molecule is N#Cc1cccc(-c2nn([C@@H]3c4cc(F)cc(F)c4C[C@@H]3O)c3c2CN(CC2CC2)CC3)c1. The average Bonchev–Trinajstić information content (AvgIpc) is 3.45. The van der Waals surface area contributed by atoms with E-state index in [-0.39, 0.29) is 6.42 Å². The standard InChI is InChI=1S/C26H24F2N4O/c27-18-9-20-19(22(28)10-18)11-24(33)26(20)32-23-6-7-31(13-15-4-5-15)14-21(23)25(30-32)17-3-1-2-16(8-17)12-29/h1-3,8-10,15,24,26,33H,4-7,11,13-14H2/t24-,26+/m0/s1. The summed E-state index contributed by atoms with van der Waals surface area (Å²) in [6.45, 7) is 2.69. The average molecular weight is 447 g/mol. The molecule has 1 aliphatic heterocycles. The van der Waals surface area contributed by atoms with E-state index in [1.807, 2.05) is 18.2 Å². The van der Waals surface area contributed by atoms with E-state index in [1.54, 1.807) is 10.7 Å². The van der Waals surface area contributed by atoms with Gasteiger partial charge in [-0.1, -0.05) is 12.1 Å². The van der Waals surface area contributed by atoms with Crippen LogP contribution < -0.4 is 0 Å². The van der Waals surface area contributed by atoms with Gasteiger partial charge in [0.25, 0.3) is 0 Å². The molecule has 0 bridgehead atoms. The molecule has 6 rings (SSSR count). The normalized spacial score (nSPS) is 22.1. The highest BCUT2D eigenvalue weighted by molar-refractivity contribution is 5.66. The van der Waals surface area contributed by atoms with Crippen LogP contribution in [-0.2, 0) is 19.4 Å². The van der Waals surface area contributed by atoms with E-state index in [1.165, 1.54) is 18.9 Å². The maximum Gasteiger partial charge on any atom is 0.129 e. The van der Waals surface area contributed by atoms with E-state index >= 15 is 0 Å². The Balaban J connectivity index is 1.49. The monoisotopic (exact) mass is 446 g/mol. The summed E-state index contributed by atoms with van der Waals surface area (Å²) in [6, 6.07) is 11.1. The number of aliphatic hydroxyl groups excluding tert-OH is 1. The zero-order valence-corrected chi connectivity index (χ0v) is 18.1. The fourth-order valence-corrected chi connectivity index (χ4v) is 5.45. The molecule has 1 fully saturated rings. The number of nitrogens with zero attached hydrogens (tertiary/aromatic N) is 4. The topological polar surface area (TPSA) is 65.1 Å². The summed E-state index contributed by atoms with van der Waals surface area (Å²) in [5.41, 5.74) is 5.07. The molecule has 0 spiro atoms. The van der Waals surface area contributed by atoms with Gasteiger partial charge >= 0.3 is 0 Å². The zero-order chi connectivity index (χ0) is 22.7. The largest absolute Gasteiger partial charge is 0.390 e. The third-order valence-corrected chi connectivity index (χ3v) is 7.20. The minimum Gasteiger partial charge on any atom is -0.390 e. The molecule has 2 heterocycles. The fraction of sp³-hybridized carbons (Fsp3) is 0.385. The Labute approximate surface area is 190 Å². The summed E-state index contributed by atoms with van der Waals surface area (Å²) in [6.07, 6.45) is 2.56. The summed E-state index contributed by atoms with van der Waals surface area (Å²) in [4.78, 5) is 2.45. The molecule has 2 atom stereocenters. The van der Waals surface area contributed by atoms with Crippen molar-refractivity contribution in [3.8, 4) is 17.3 Å². The first kappa shape index (κ1) is 20.5. The number of fused-ring (bicyclic) bond motifs is 2. The summed E-state index contributed by atoms with van der Waals surface area (Å²) in [7, 11) is 0. The number of benzene rings is 2. The second kappa shape index (κ2) is 7.75. The van der Waals surface area contributed by atoms with Crippen LogP contribution in [0.5, 0.6) is 0 Å². The van der Waals surface area contributed by atoms with E-state index in [2.05, 4.69) is 11.0 Å². The molecule has 3 aliphatic rings. The van der Waals surface area contributed by atoms with Gasteiger partial charge in [-0.15, -0.1) is 0 Å². The molecular weight excluding hydrogens is 422 g/mol. The Morgan fingerprint density at radius 2 is 2.00 bits per heavy atom. The van der Waals surface area contributed by atoms with Gasteiger partial charge in [-0.3, -0.25) is 9.58 Å². The van der Waals surface area contributed by atoms with Gasteiger partial charge in [-0.25, -0.2) is 8.78 Å². The van der Waals surface area contributed by atoms with Crippen molar-refractivity contribution < 1.29 is 13.9 Å². The van der Waals surface area contributed by atoms with Crippen molar-refractivity contribution in [2.45, 2.75) is 44.4 Å². The van der Waals surface area contributed by atoms with Crippen molar-refractivity contribution >= 4 is 0 Å². The van der Waals surface area contributed by atoms with Gasteiger partial charge in [0.1, 0.15) is 17.7 Å². The van der Waals surface area contributed by atoms with Gasteiger partial charge < -0.3 is 5.11 Å². The first-order chi connectivity index (χ1) is 16.0. The molecule has 33 heavy (non-hydrogen) atoms. The lowest BCUT2D eigenvalue weighted by atomic mass is 9.99. The molecule has 1 saturated carbocycles. The highest BCUT2D eigenvalue weighted by Gasteiger charge is 2.39. The van der Waals surface area contributed by atoms with Gasteiger partial charge in [-0.2, -0.15) is 10.4 Å². The Morgan fingerprint density at radius 3 is 2.79 bits per heavy atom. The number of nitriles is 1. The van der Waals surface area contributed by atoms with Crippen LogP contribution >= 0.6 is 0 Å². The van der Waals surface area contributed by atoms with Crippen LogP contribution in [0.4, 0.5) is 8.78 Å². The number of hydrogen-bond donors (Lipinski definition) is 1. The van der Waals surface area contributed by atoms with Crippen molar-refractivity contribution in [3.63, 3.8) is 0 Å². The predicted molar refractivity (Wildman–Crippen MR) is 118 cm³/mol. The number of rotatable bonds is 4. The Bertz CT molecular complexity index is 1290. The lowest BCUT2D eigenvalue weighted by molar-refractivity contribution is 0.135. The lowest BCUT2D eigenvalue weighted by Gasteiger charge is -2.29. The molecule has 3 aromatic rings. The van der Waals surface area contributed by atoms with Gasteiger partial charge in [0.15, 0.2) is 0 Å². The quantitative estimate of drug-likeness (QED) is 0.659. The molecule has 2 aromatic carbocycles. The molecule has 0 unspecified atom stereocenters. The molecule has 1 N–H and O–H groups in total. The van der Waals surface area contributed by atoms with Crippen molar-refractivity contribution in [2.75, 3.05) is 13.1 Å². The van der Waals surface area contributed by atoms with Gasteiger partial charge in [-0.05, 0) is 48.1 Å². The third-order valence-electron chi connectivity index (χ3n) is 7.20. The lowest BCUT2D eigenvalue weighted by Crippen LogP contribution is -2.34. The molecule has 0 radical (unpaired) electrons. The van der Waals surface area contributed by atoms with E-state index in [4.69, 9.17) is 5.10 Å². The van der Waals surface area contributed by atoms with Gasteiger partial charge in [0.2, 0.25) is 0 Å². The second-order valence-electron chi connectivity index (χ2n) is 9.51. The Morgan fingerprint density at radius 1 is 1.15 bits per heavy atom. The first-order valence-electron chi connectivity index (χ1n) is 11.5. The summed E-state index contributed by atoms with van der Waals surface area (Å²) in [5, 5.41) is 25.2. The second-order valence-corrected chi connectivity index (χ2v) is 9.51. The Kier molecular flexibility index (Phi) is 4.82. The molecule has 2 aliphatic carbocycles. The van der Waals surface area contributed by atoms with Crippen molar-refractivity contribution in [3.05, 3.63) is 76.0 Å². The van der Waals surface area contributed by atoms with Gasteiger partial charge in [0, 0.05) is 55.4 Å². The number of aliphatic hydroxyl groups is 1. The highest BCUT2D eigenvalue weighted by atomic mass is 19.1. The molecule has 0 saturated heterocycles. The van der Waals surface area contributed by atoms with Crippen LogP contribution in [0.25, 0.3) is 11.3 Å². The van der Waals surface area contributed by atoms with Crippen LogP contribution in [0.2, 0.25) is 0 Å². The van der Waals surface area contributed by atoms with Crippen molar-refractivity contribution in [1.29, 1.82) is 5.26 Å². The van der Waals surface area contributed by atoms with E-state index in [0.717, 1.165) is 60.6 Å². The zero-order valence-electron chi connectivity index (χ0n) is 18.1. The molecule has 1 aromatic heterocycles.